The van der Waals surface area contributed by atoms with Crippen molar-refractivity contribution in [2.75, 3.05) is 40.3 Å². The fraction of sp³-hybridized carbons (Fsp3) is 0.500. The molecule has 12 heteroatoms. The number of nitrogens with one attached hydrogen (secondary N) is 1. The van der Waals surface area contributed by atoms with E-state index in [-0.39, 0.29) is 30.9 Å². The van der Waals surface area contributed by atoms with Gasteiger partial charge in [0.25, 0.3) is 0 Å². The normalized spacial score (nSPS) is 15.5. The lowest BCUT2D eigenvalue weighted by molar-refractivity contribution is -0.146. The van der Waals surface area contributed by atoms with Crippen LogP contribution in [0.25, 0.3) is 10.4 Å². The average molecular weight is 609 g/mol. The van der Waals surface area contributed by atoms with Gasteiger partial charge in [-0.1, -0.05) is 77.1 Å². The molecule has 3 rings (SSSR count). The number of ether oxygens (including phenoxy) is 1. The lowest BCUT2D eigenvalue weighted by Gasteiger charge is -2.48. The minimum atomic E-state index is -0.548. The van der Waals surface area contributed by atoms with Crippen molar-refractivity contribution in [3.8, 4) is 5.75 Å². The maximum Gasteiger partial charge on any atom is 0.334 e. The van der Waals surface area contributed by atoms with Crippen LogP contribution in [0.4, 0.5) is 4.79 Å². The molecule has 1 saturated heterocycles. The summed E-state index contributed by atoms with van der Waals surface area (Å²) in [7, 11) is 3.47. The monoisotopic (exact) mass is 608 g/mol. The SMILES string of the molecule is CC.CCC(C)/C(=C/N1CC(=O)N(CCc2ccc(OC)cc2)CC1N(C(=O)NCc1ccccc1)N(C)CC)ON=[N+]=[N-]. The molecule has 2 atom stereocenters. The Bertz CT molecular complexity index is 1230. The number of carbonyl (C=O) groups excluding carboxylic acids is 2. The second-order valence-corrected chi connectivity index (χ2v) is 10.2. The summed E-state index contributed by atoms with van der Waals surface area (Å²) in [5.41, 5.74) is 10.9. The molecular weight excluding hydrogens is 560 g/mol. The third-order valence-electron chi connectivity index (χ3n) is 7.44. The standard InChI is InChI=1S/C30H42N8O4.C2H6/c1-6-23(3)27(42-34-33-31)20-37-22-29(39)36(18-17-24-13-15-26(41-5)16-14-24)21-28(37)38(35(4)7-2)30(40)32-19-25-11-9-8-10-12-25;1-2/h8-16,20,23,28H,6-7,17-19,21-22H2,1-5H3,(H,32,40);1-2H3/b27-20-;. The van der Waals surface area contributed by atoms with Gasteiger partial charge in [-0.05, 0) is 41.6 Å². The van der Waals surface area contributed by atoms with Gasteiger partial charge in [0.2, 0.25) is 5.91 Å². The summed E-state index contributed by atoms with van der Waals surface area (Å²) in [6.45, 7) is 11.6. The summed E-state index contributed by atoms with van der Waals surface area (Å²) in [6.07, 6.45) is 2.53. The predicted molar refractivity (Wildman–Crippen MR) is 172 cm³/mol. The van der Waals surface area contributed by atoms with Crippen LogP contribution in [0.15, 0.2) is 71.8 Å². The highest BCUT2D eigenvalue weighted by Crippen LogP contribution is 2.23. The van der Waals surface area contributed by atoms with Crippen LogP contribution in [0.1, 0.15) is 52.2 Å². The van der Waals surface area contributed by atoms with Crippen LogP contribution in [0.3, 0.4) is 0 Å². The van der Waals surface area contributed by atoms with Crippen molar-refractivity contribution in [2.45, 2.75) is 60.2 Å². The fourth-order valence-corrected chi connectivity index (χ4v) is 4.58. The number of amides is 3. The molecule has 2 unspecified atom stereocenters. The van der Waals surface area contributed by atoms with Gasteiger partial charge in [0, 0.05) is 43.7 Å². The molecule has 0 saturated carbocycles. The molecule has 0 aliphatic carbocycles. The first-order valence-electron chi connectivity index (χ1n) is 15.2. The van der Waals surface area contributed by atoms with E-state index in [1.165, 1.54) is 0 Å². The molecule has 1 heterocycles. The number of hydrogen-bond donors (Lipinski definition) is 1. The molecule has 1 fully saturated rings. The number of azide groups is 1. The minimum absolute atomic E-state index is 0.0207. The molecule has 0 spiro atoms. The molecule has 12 nitrogen and oxygen atoms in total. The van der Waals surface area contributed by atoms with Gasteiger partial charge in [0.1, 0.15) is 23.0 Å². The quantitative estimate of drug-likeness (QED) is 0.0930. The van der Waals surface area contributed by atoms with Gasteiger partial charge in [-0.25, -0.2) is 14.8 Å². The fourth-order valence-electron chi connectivity index (χ4n) is 4.58. The van der Waals surface area contributed by atoms with E-state index >= 15 is 0 Å². The number of piperazine rings is 1. The van der Waals surface area contributed by atoms with Crippen LogP contribution in [-0.2, 0) is 22.6 Å². The van der Waals surface area contributed by atoms with Crippen LogP contribution in [-0.4, -0.2) is 78.3 Å². The number of carbonyl (C=O) groups is 2. The van der Waals surface area contributed by atoms with E-state index in [1.54, 1.807) is 28.1 Å². The zero-order valence-electron chi connectivity index (χ0n) is 27.1. The second kappa shape index (κ2) is 19.0. The Hall–Kier alpha value is -4.41. The molecular formula is C32H48N8O4. The number of allylic oxidation sites excluding steroid dienone is 1. The van der Waals surface area contributed by atoms with Gasteiger partial charge in [-0.2, -0.15) is 0 Å². The maximum atomic E-state index is 13.8. The number of rotatable bonds is 14. The number of methoxy groups -OCH3 is 1. The van der Waals surface area contributed by atoms with E-state index in [4.69, 9.17) is 15.1 Å². The average Bonchev–Trinajstić information content (AvgIpc) is 3.07. The van der Waals surface area contributed by atoms with E-state index in [9.17, 15) is 9.59 Å². The third-order valence-corrected chi connectivity index (χ3v) is 7.44. The van der Waals surface area contributed by atoms with Crippen molar-refractivity contribution in [1.82, 2.24) is 25.1 Å². The Morgan fingerprint density at radius 3 is 2.43 bits per heavy atom. The van der Waals surface area contributed by atoms with Crippen molar-refractivity contribution < 1.29 is 19.2 Å². The Morgan fingerprint density at radius 1 is 1.16 bits per heavy atom. The lowest BCUT2D eigenvalue weighted by Crippen LogP contribution is -2.66. The molecule has 1 aliphatic heterocycles. The van der Waals surface area contributed by atoms with Gasteiger partial charge < -0.3 is 24.7 Å². The van der Waals surface area contributed by atoms with Crippen LogP contribution in [0.5, 0.6) is 5.75 Å². The largest absolute Gasteiger partial charge is 0.497 e. The zero-order valence-corrected chi connectivity index (χ0v) is 27.1. The van der Waals surface area contributed by atoms with Crippen molar-refractivity contribution in [3.05, 3.63) is 88.1 Å². The smallest absolute Gasteiger partial charge is 0.334 e. The van der Waals surface area contributed by atoms with E-state index in [0.29, 0.717) is 31.8 Å². The topological polar surface area (TPSA) is 126 Å². The highest BCUT2D eigenvalue weighted by atomic mass is 16.6. The van der Waals surface area contributed by atoms with Crippen LogP contribution < -0.4 is 10.1 Å². The Morgan fingerprint density at radius 2 is 1.84 bits per heavy atom. The number of nitrogens with zero attached hydrogens (tertiary/aromatic N) is 7. The summed E-state index contributed by atoms with van der Waals surface area (Å²) in [6, 6.07) is 17.2. The van der Waals surface area contributed by atoms with E-state index in [0.717, 1.165) is 23.3 Å². The number of hydrogen-bond acceptors (Lipinski definition) is 7. The van der Waals surface area contributed by atoms with Gasteiger partial charge in [0.15, 0.2) is 0 Å². The molecule has 2 aromatic rings. The Balaban J connectivity index is 0.00000330. The molecule has 1 aliphatic rings. The number of benzene rings is 2. The number of hydrazine groups is 1. The summed E-state index contributed by atoms with van der Waals surface area (Å²) in [5.74, 6) is 1.04. The number of urea groups is 1. The highest BCUT2D eigenvalue weighted by Gasteiger charge is 2.38. The zero-order chi connectivity index (χ0) is 32.5. The molecule has 0 radical (unpaired) electrons. The molecule has 0 bridgehead atoms. The molecule has 1 N–H and O–H groups in total. The van der Waals surface area contributed by atoms with Crippen molar-refractivity contribution in [1.29, 1.82) is 0 Å². The Labute approximate surface area is 261 Å². The van der Waals surface area contributed by atoms with Crippen molar-refractivity contribution in [3.63, 3.8) is 0 Å². The van der Waals surface area contributed by atoms with Crippen LogP contribution in [0.2, 0.25) is 0 Å². The molecule has 44 heavy (non-hydrogen) atoms. The van der Waals surface area contributed by atoms with E-state index in [1.807, 2.05) is 101 Å². The van der Waals surface area contributed by atoms with Gasteiger partial charge in [-0.3, -0.25) is 4.79 Å². The maximum absolute atomic E-state index is 13.8. The molecule has 2 aromatic carbocycles. The predicted octanol–water partition coefficient (Wildman–Crippen LogP) is 5.94. The molecule has 3 amide bonds. The van der Waals surface area contributed by atoms with Crippen molar-refractivity contribution >= 4 is 11.9 Å². The first-order chi connectivity index (χ1) is 21.3. The Kier molecular flexibility index (Phi) is 15.4. The van der Waals surface area contributed by atoms with E-state index in [2.05, 4.69) is 15.5 Å². The highest BCUT2D eigenvalue weighted by molar-refractivity contribution is 5.80. The third kappa shape index (κ3) is 10.4. The first-order valence-corrected chi connectivity index (χ1v) is 15.2. The summed E-state index contributed by atoms with van der Waals surface area (Å²) >= 11 is 0. The second-order valence-electron chi connectivity index (χ2n) is 10.2. The van der Waals surface area contributed by atoms with Gasteiger partial charge in [0.05, 0.1) is 20.2 Å². The van der Waals surface area contributed by atoms with E-state index < -0.39 is 6.17 Å². The van der Waals surface area contributed by atoms with Crippen LogP contribution >= 0.6 is 0 Å². The molecule has 0 aromatic heterocycles. The van der Waals surface area contributed by atoms with Gasteiger partial charge >= 0.3 is 6.03 Å². The van der Waals surface area contributed by atoms with Crippen molar-refractivity contribution in [2.24, 2.45) is 11.2 Å². The van der Waals surface area contributed by atoms with Gasteiger partial charge in [-0.15, -0.1) is 0 Å². The summed E-state index contributed by atoms with van der Waals surface area (Å²) < 4.78 is 5.26. The minimum Gasteiger partial charge on any atom is -0.497 e. The first kappa shape index (κ1) is 35.8. The molecule has 240 valence electrons. The summed E-state index contributed by atoms with van der Waals surface area (Å²) in [5, 5.41) is 9.83. The summed E-state index contributed by atoms with van der Waals surface area (Å²) in [4.78, 5) is 38.9. The lowest BCUT2D eigenvalue weighted by atomic mass is 10.1. The van der Waals surface area contributed by atoms with Crippen LogP contribution in [0, 0.1) is 5.92 Å².